The average molecular weight is 263 g/mol. The van der Waals surface area contributed by atoms with E-state index >= 15 is 0 Å². The second-order valence-electron chi connectivity index (χ2n) is 3.13. The van der Waals surface area contributed by atoms with E-state index in [0.29, 0.717) is 22.4 Å². The molecule has 0 fully saturated rings. The largest absolute Gasteiger partial charge is 0.480 e. The third-order valence-electron chi connectivity index (χ3n) is 1.83. The van der Waals surface area contributed by atoms with Gasteiger partial charge in [-0.2, -0.15) is 0 Å². The van der Waals surface area contributed by atoms with Gasteiger partial charge < -0.3 is 9.47 Å². The van der Waals surface area contributed by atoms with E-state index in [-0.39, 0.29) is 6.61 Å². The number of carbonyl (C=O) groups excluding carboxylic acids is 1. The molecule has 0 N–H and O–H groups in total. The van der Waals surface area contributed by atoms with Crippen LogP contribution >= 0.6 is 23.2 Å². The van der Waals surface area contributed by atoms with Crippen LogP contribution in [0.5, 0.6) is 5.75 Å². The van der Waals surface area contributed by atoms with Crippen molar-refractivity contribution in [2.24, 2.45) is 0 Å². The minimum absolute atomic E-state index is 0.157. The molecule has 0 spiro atoms. The molecule has 0 atom stereocenters. The number of carbonyl (C=O) groups is 1. The Labute approximate surface area is 104 Å². The first-order valence-corrected chi connectivity index (χ1v) is 5.54. The molecule has 0 saturated heterocycles. The summed E-state index contributed by atoms with van der Waals surface area (Å²) >= 11 is 11.7. The smallest absolute Gasteiger partial charge is 0.344 e. The maximum absolute atomic E-state index is 11.1. The predicted octanol–water partition coefficient (Wildman–Crippen LogP) is 3.24. The Balaban J connectivity index is 2.70. The van der Waals surface area contributed by atoms with Gasteiger partial charge in [0.25, 0.3) is 0 Å². The Kier molecular flexibility index (Phi) is 4.90. The highest BCUT2D eigenvalue weighted by atomic mass is 35.5. The Hall–Kier alpha value is -0.930. The lowest BCUT2D eigenvalue weighted by Gasteiger charge is -2.10. The number of hydrogen-bond donors (Lipinski definition) is 0. The molecule has 0 amide bonds. The lowest BCUT2D eigenvalue weighted by Crippen LogP contribution is -2.15. The quantitative estimate of drug-likeness (QED) is 0.782. The summed E-state index contributed by atoms with van der Waals surface area (Å²) in [5, 5.41) is 0.917. The first-order chi connectivity index (χ1) is 7.54. The standard InChI is InChI=1S/C11H12Cl2O3/c1-3-15-10(14)6-16-11-7(2)4-8(12)5-9(11)13/h4-5H,3,6H2,1-2H3. The van der Waals surface area contributed by atoms with Crippen molar-refractivity contribution in [1.29, 1.82) is 0 Å². The normalized spacial score (nSPS) is 10.0. The van der Waals surface area contributed by atoms with Crippen LogP contribution in [0, 0.1) is 6.92 Å². The zero-order chi connectivity index (χ0) is 12.1. The Morgan fingerprint density at radius 1 is 1.38 bits per heavy atom. The second-order valence-corrected chi connectivity index (χ2v) is 3.97. The van der Waals surface area contributed by atoms with E-state index in [9.17, 15) is 4.79 Å². The van der Waals surface area contributed by atoms with Crippen LogP contribution in [0.1, 0.15) is 12.5 Å². The van der Waals surface area contributed by atoms with Gasteiger partial charge in [-0.1, -0.05) is 23.2 Å². The van der Waals surface area contributed by atoms with Crippen LogP contribution in [0.15, 0.2) is 12.1 Å². The van der Waals surface area contributed by atoms with Gasteiger partial charge in [-0.3, -0.25) is 0 Å². The van der Waals surface area contributed by atoms with Gasteiger partial charge >= 0.3 is 5.97 Å². The van der Waals surface area contributed by atoms with Crippen molar-refractivity contribution in [2.45, 2.75) is 13.8 Å². The van der Waals surface area contributed by atoms with Gasteiger partial charge in [0, 0.05) is 5.02 Å². The summed E-state index contributed by atoms with van der Waals surface area (Å²) in [7, 11) is 0. The summed E-state index contributed by atoms with van der Waals surface area (Å²) in [4.78, 5) is 11.1. The van der Waals surface area contributed by atoms with Crippen molar-refractivity contribution in [3.8, 4) is 5.75 Å². The van der Waals surface area contributed by atoms with E-state index in [1.165, 1.54) is 0 Å². The van der Waals surface area contributed by atoms with Crippen molar-refractivity contribution >= 4 is 29.2 Å². The molecule has 0 aliphatic carbocycles. The minimum Gasteiger partial charge on any atom is -0.480 e. The molecule has 0 radical (unpaired) electrons. The first-order valence-electron chi connectivity index (χ1n) is 4.78. The van der Waals surface area contributed by atoms with Crippen molar-refractivity contribution < 1.29 is 14.3 Å². The van der Waals surface area contributed by atoms with Gasteiger partial charge in [-0.05, 0) is 31.5 Å². The molecular formula is C11H12Cl2O3. The highest BCUT2D eigenvalue weighted by molar-refractivity contribution is 6.35. The van der Waals surface area contributed by atoms with Gasteiger partial charge in [0.05, 0.1) is 11.6 Å². The molecule has 1 aromatic rings. The van der Waals surface area contributed by atoms with Crippen LogP contribution in [-0.2, 0) is 9.53 Å². The predicted molar refractivity (Wildman–Crippen MR) is 63.3 cm³/mol. The second kappa shape index (κ2) is 5.97. The molecule has 0 unspecified atom stereocenters. The van der Waals surface area contributed by atoms with Crippen LogP contribution in [0.4, 0.5) is 0 Å². The maximum atomic E-state index is 11.1. The lowest BCUT2D eigenvalue weighted by atomic mass is 10.2. The Bertz CT molecular complexity index is 368. The average Bonchev–Trinajstić information content (AvgIpc) is 2.16. The van der Waals surface area contributed by atoms with Gasteiger partial charge in [0.1, 0.15) is 5.75 Å². The highest BCUT2D eigenvalue weighted by Crippen LogP contribution is 2.31. The zero-order valence-electron chi connectivity index (χ0n) is 9.05. The number of esters is 1. The SMILES string of the molecule is CCOC(=O)COc1c(C)cc(Cl)cc1Cl. The monoisotopic (exact) mass is 262 g/mol. The summed E-state index contributed by atoms with van der Waals surface area (Å²) in [5.41, 5.74) is 0.779. The topological polar surface area (TPSA) is 35.5 Å². The van der Waals surface area contributed by atoms with Crippen LogP contribution in [-0.4, -0.2) is 19.2 Å². The molecule has 0 aliphatic heterocycles. The number of ether oxygens (including phenoxy) is 2. The number of benzene rings is 1. The van der Waals surface area contributed by atoms with Gasteiger partial charge in [0.2, 0.25) is 0 Å². The molecule has 0 saturated carbocycles. The summed E-state index contributed by atoms with van der Waals surface area (Å²) < 4.78 is 10.0. The fraction of sp³-hybridized carbons (Fsp3) is 0.364. The van der Waals surface area contributed by atoms with Gasteiger partial charge in [0.15, 0.2) is 6.61 Å². The van der Waals surface area contributed by atoms with E-state index in [0.717, 1.165) is 5.56 Å². The summed E-state index contributed by atoms with van der Waals surface area (Å²) in [5.74, 6) is 0.0343. The molecule has 3 nitrogen and oxygen atoms in total. The molecule has 1 rings (SSSR count). The van der Waals surface area contributed by atoms with Gasteiger partial charge in [-0.25, -0.2) is 4.79 Å². The fourth-order valence-corrected chi connectivity index (χ4v) is 1.86. The molecule has 0 aromatic heterocycles. The van der Waals surface area contributed by atoms with E-state index in [1.807, 2.05) is 0 Å². The molecule has 1 aromatic carbocycles. The van der Waals surface area contributed by atoms with Crippen molar-refractivity contribution in [1.82, 2.24) is 0 Å². The van der Waals surface area contributed by atoms with Crippen LogP contribution < -0.4 is 4.74 Å². The van der Waals surface area contributed by atoms with Crippen molar-refractivity contribution in [3.63, 3.8) is 0 Å². The number of rotatable bonds is 4. The van der Waals surface area contributed by atoms with Crippen LogP contribution in [0.25, 0.3) is 0 Å². The maximum Gasteiger partial charge on any atom is 0.344 e. The third-order valence-corrected chi connectivity index (χ3v) is 2.33. The Morgan fingerprint density at radius 2 is 2.06 bits per heavy atom. The molecular weight excluding hydrogens is 251 g/mol. The third kappa shape index (κ3) is 3.58. The highest BCUT2D eigenvalue weighted by Gasteiger charge is 2.10. The molecule has 0 bridgehead atoms. The van der Waals surface area contributed by atoms with Crippen LogP contribution in [0.2, 0.25) is 10.0 Å². The van der Waals surface area contributed by atoms with E-state index in [1.54, 1.807) is 26.0 Å². The summed E-state index contributed by atoms with van der Waals surface area (Å²) in [6.07, 6.45) is 0. The molecule has 0 heterocycles. The number of halogens is 2. The summed E-state index contributed by atoms with van der Waals surface area (Å²) in [6.45, 7) is 3.71. The Morgan fingerprint density at radius 3 is 2.62 bits per heavy atom. The van der Waals surface area contributed by atoms with Crippen molar-refractivity contribution in [3.05, 3.63) is 27.7 Å². The van der Waals surface area contributed by atoms with Gasteiger partial charge in [-0.15, -0.1) is 0 Å². The summed E-state index contributed by atoms with van der Waals surface area (Å²) in [6, 6.07) is 3.28. The molecule has 16 heavy (non-hydrogen) atoms. The van der Waals surface area contributed by atoms with Crippen molar-refractivity contribution in [2.75, 3.05) is 13.2 Å². The lowest BCUT2D eigenvalue weighted by molar-refractivity contribution is -0.145. The first kappa shape index (κ1) is 13.1. The molecule has 0 aliphatic rings. The number of hydrogen-bond acceptors (Lipinski definition) is 3. The van der Waals surface area contributed by atoms with Crippen LogP contribution in [0.3, 0.4) is 0 Å². The fourth-order valence-electron chi connectivity index (χ4n) is 1.21. The minimum atomic E-state index is -0.423. The van der Waals surface area contributed by atoms with E-state index in [4.69, 9.17) is 32.7 Å². The van der Waals surface area contributed by atoms with E-state index < -0.39 is 5.97 Å². The number of aryl methyl sites for hydroxylation is 1. The molecule has 5 heteroatoms. The van der Waals surface area contributed by atoms with E-state index in [2.05, 4.69) is 0 Å². The molecule has 88 valence electrons. The zero-order valence-corrected chi connectivity index (χ0v) is 10.6.